The van der Waals surface area contributed by atoms with Crippen LogP contribution in [0.15, 0.2) is 0 Å². The number of hydrogen-bond acceptors (Lipinski definition) is 3. The maximum atomic E-state index is 11.7. The van der Waals surface area contributed by atoms with Crippen LogP contribution in [0.4, 0.5) is 0 Å². The zero-order chi connectivity index (χ0) is 13.4. The molecule has 0 aromatic carbocycles. The molecule has 1 saturated heterocycles. The van der Waals surface area contributed by atoms with Crippen LogP contribution in [0.25, 0.3) is 0 Å². The minimum absolute atomic E-state index is 0.0169. The Labute approximate surface area is 109 Å². The summed E-state index contributed by atoms with van der Waals surface area (Å²) in [6.07, 6.45) is 6.09. The second-order valence-electron chi connectivity index (χ2n) is 4.87. The molecule has 1 heterocycles. The summed E-state index contributed by atoms with van der Waals surface area (Å²) in [5.41, 5.74) is 0. The molecule has 5 heteroatoms. The Balaban J connectivity index is 2.25. The van der Waals surface area contributed by atoms with Crippen LogP contribution in [0, 0.1) is 0 Å². The van der Waals surface area contributed by atoms with E-state index in [-0.39, 0.29) is 18.4 Å². The maximum absolute atomic E-state index is 11.7. The number of carbonyl (C=O) groups is 2. The van der Waals surface area contributed by atoms with Gasteiger partial charge in [0.05, 0.1) is 6.04 Å². The number of likely N-dealkylation sites (tertiary alicyclic amines) is 1. The van der Waals surface area contributed by atoms with Crippen LogP contribution in [-0.2, 0) is 9.59 Å². The first-order valence-electron chi connectivity index (χ1n) is 6.82. The zero-order valence-electron chi connectivity index (χ0n) is 11.2. The Morgan fingerprint density at radius 1 is 1.28 bits per heavy atom. The van der Waals surface area contributed by atoms with Crippen molar-refractivity contribution in [1.29, 1.82) is 0 Å². The number of rotatable bonds is 7. The third-order valence-electron chi connectivity index (χ3n) is 3.50. The molecule has 1 aliphatic heterocycles. The highest BCUT2D eigenvalue weighted by Crippen LogP contribution is 2.18. The van der Waals surface area contributed by atoms with Crippen molar-refractivity contribution in [2.24, 2.45) is 0 Å². The van der Waals surface area contributed by atoms with Crippen LogP contribution < -0.4 is 5.32 Å². The predicted molar refractivity (Wildman–Crippen MR) is 69.4 cm³/mol. The van der Waals surface area contributed by atoms with Crippen LogP contribution >= 0.6 is 0 Å². The van der Waals surface area contributed by atoms with Crippen LogP contribution in [0.1, 0.15) is 44.9 Å². The normalized spacial score (nSPS) is 20.6. The highest BCUT2D eigenvalue weighted by molar-refractivity contribution is 5.81. The van der Waals surface area contributed by atoms with E-state index in [1.807, 2.05) is 0 Å². The summed E-state index contributed by atoms with van der Waals surface area (Å²) in [6.45, 7) is 1.88. The molecule has 0 aromatic rings. The number of likely N-dealkylation sites (N-methyl/N-ethyl adjacent to an activating group) is 1. The lowest BCUT2D eigenvalue weighted by molar-refractivity contribution is -0.137. The molecule has 1 fully saturated rings. The van der Waals surface area contributed by atoms with E-state index in [1.54, 1.807) is 7.05 Å². The Hall–Kier alpha value is -1.10. The number of piperidine rings is 1. The van der Waals surface area contributed by atoms with Crippen molar-refractivity contribution in [1.82, 2.24) is 10.2 Å². The summed E-state index contributed by atoms with van der Waals surface area (Å²) in [6, 6.07) is 0.0169. The van der Waals surface area contributed by atoms with E-state index in [1.165, 1.54) is 0 Å². The lowest BCUT2D eigenvalue weighted by Gasteiger charge is -2.34. The fourth-order valence-corrected chi connectivity index (χ4v) is 2.49. The first kappa shape index (κ1) is 15.0. The summed E-state index contributed by atoms with van der Waals surface area (Å²) in [4.78, 5) is 24.3. The molecule has 0 radical (unpaired) electrons. The monoisotopic (exact) mass is 256 g/mol. The van der Waals surface area contributed by atoms with Gasteiger partial charge in [-0.05, 0) is 38.8 Å². The van der Waals surface area contributed by atoms with Crippen molar-refractivity contribution in [3.8, 4) is 0 Å². The van der Waals surface area contributed by atoms with E-state index in [4.69, 9.17) is 5.11 Å². The number of carbonyl (C=O) groups excluding carboxylic acids is 1. The Bertz CT molecular complexity index is 281. The number of hydrogen-bond donors (Lipinski definition) is 2. The molecule has 2 N–H and O–H groups in total. The van der Waals surface area contributed by atoms with Gasteiger partial charge >= 0.3 is 5.97 Å². The van der Waals surface area contributed by atoms with Gasteiger partial charge in [0, 0.05) is 13.5 Å². The molecule has 0 spiro atoms. The second-order valence-corrected chi connectivity index (χ2v) is 4.87. The predicted octanol–water partition coefficient (Wildman–Crippen LogP) is 1.23. The van der Waals surface area contributed by atoms with Crippen LogP contribution in [0.5, 0.6) is 0 Å². The van der Waals surface area contributed by atoms with E-state index in [2.05, 4.69) is 10.2 Å². The Morgan fingerprint density at radius 2 is 2.06 bits per heavy atom. The lowest BCUT2D eigenvalue weighted by Crippen LogP contribution is -2.48. The van der Waals surface area contributed by atoms with Gasteiger partial charge in [-0.1, -0.05) is 12.8 Å². The minimum Gasteiger partial charge on any atom is -0.481 e. The smallest absolute Gasteiger partial charge is 0.303 e. The van der Waals surface area contributed by atoms with Crippen molar-refractivity contribution < 1.29 is 14.7 Å². The van der Waals surface area contributed by atoms with E-state index in [9.17, 15) is 9.59 Å². The molecule has 18 heavy (non-hydrogen) atoms. The minimum atomic E-state index is -0.726. The third kappa shape index (κ3) is 5.04. The number of unbranched alkanes of at least 4 members (excludes halogenated alkanes) is 2. The number of nitrogens with zero attached hydrogens (tertiary/aromatic N) is 1. The quantitative estimate of drug-likeness (QED) is 0.672. The summed E-state index contributed by atoms with van der Waals surface area (Å²) in [5, 5.41) is 11.3. The van der Waals surface area contributed by atoms with Crippen molar-refractivity contribution in [2.45, 2.75) is 51.0 Å². The molecule has 104 valence electrons. The van der Waals surface area contributed by atoms with Gasteiger partial charge in [-0.15, -0.1) is 0 Å². The van der Waals surface area contributed by atoms with Crippen molar-refractivity contribution >= 4 is 11.9 Å². The molecule has 1 amide bonds. The average molecular weight is 256 g/mol. The van der Waals surface area contributed by atoms with Crippen LogP contribution in [0.2, 0.25) is 0 Å². The molecule has 0 aliphatic carbocycles. The van der Waals surface area contributed by atoms with Crippen LogP contribution in [0.3, 0.4) is 0 Å². The zero-order valence-corrected chi connectivity index (χ0v) is 11.2. The van der Waals surface area contributed by atoms with Gasteiger partial charge in [-0.25, -0.2) is 0 Å². The van der Waals surface area contributed by atoms with Gasteiger partial charge < -0.3 is 10.4 Å². The van der Waals surface area contributed by atoms with Gasteiger partial charge in [0.2, 0.25) is 5.91 Å². The highest BCUT2D eigenvalue weighted by Gasteiger charge is 2.27. The molecule has 0 aromatic heterocycles. The highest BCUT2D eigenvalue weighted by atomic mass is 16.4. The summed E-state index contributed by atoms with van der Waals surface area (Å²) in [7, 11) is 1.68. The van der Waals surface area contributed by atoms with Gasteiger partial charge in [-0.3, -0.25) is 14.5 Å². The third-order valence-corrected chi connectivity index (χ3v) is 3.50. The summed E-state index contributed by atoms with van der Waals surface area (Å²) in [5.74, 6) is -0.614. The first-order valence-corrected chi connectivity index (χ1v) is 6.82. The SMILES string of the molecule is CNC(=O)C1CCCCN1CCCCCC(=O)O. The standard InChI is InChI=1S/C13H24N2O3/c1-14-13(18)11-7-4-6-10-15(11)9-5-2-3-8-12(16)17/h11H,2-10H2,1H3,(H,14,18)(H,16,17). The van der Waals surface area contributed by atoms with Gasteiger partial charge in [0.15, 0.2) is 0 Å². The molecule has 1 aliphatic rings. The molecule has 0 saturated carbocycles. The first-order chi connectivity index (χ1) is 8.65. The molecular formula is C13H24N2O3. The number of carboxylic acids is 1. The van der Waals surface area contributed by atoms with Crippen molar-refractivity contribution in [2.75, 3.05) is 20.1 Å². The maximum Gasteiger partial charge on any atom is 0.303 e. The largest absolute Gasteiger partial charge is 0.481 e. The Kier molecular flexibility index (Phi) is 6.72. The van der Waals surface area contributed by atoms with Gasteiger partial charge in [0.1, 0.15) is 0 Å². The van der Waals surface area contributed by atoms with E-state index in [0.29, 0.717) is 0 Å². The van der Waals surface area contributed by atoms with Gasteiger partial charge in [-0.2, -0.15) is 0 Å². The van der Waals surface area contributed by atoms with Crippen LogP contribution in [-0.4, -0.2) is 48.1 Å². The van der Waals surface area contributed by atoms with Crippen molar-refractivity contribution in [3.63, 3.8) is 0 Å². The molecular weight excluding hydrogens is 232 g/mol. The van der Waals surface area contributed by atoms with E-state index >= 15 is 0 Å². The van der Waals surface area contributed by atoms with E-state index < -0.39 is 5.97 Å². The Morgan fingerprint density at radius 3 is 2.72 bits per heavy atom. The van der Waals surface area contributed by atoms with E-state index in [0.717, 1.165) is 51.6 Å². The topological polar surface area (TPSA) is 69.6 Å². The number of aliphatic carboxylic acids is 1. The summed E-state index contributed by atoms with van der Waals surface area (Å²) >= 11 is 0. The molecule has 1 unspecified atom stereocenters. The molecule has 5 nitrogen and oxygen atoms in total. The molecule has 1 rings (SSSR count). The van der Waals surface area contributed by atoms with Gasteiger partial charge in [0.25, 0.3) is 0 Å². The average Bonchev–Trinajstić information content (AvgIpc) is 2.37. The molecule has 1 atom stereocenters. The number of carboxylic acid groups (broad SMARTS) is 1. The fourth-order valence-electron chi connectivity index (χ4n) is 2.49. The fraction of sp³-hybridized carbons (Fsp3) is 0.846. The summed E-state index contributed by atoms with van der Waals surface area (Å²) < 4.78 is 0. The number of nitrogens with one attached hydrogen (secondary N) is 1. The molecule has 0 bridgehead atoms. The second kappa shape index (κ2) is 8.08. The lowest BCUT2D eigenvalue weighted by atomic mass is 10.0. The van der Waals surface area contributed by atoms with Crippen molar-refractivity contribution in [3.05, 3.63) is 0 Å². The number of amides is 1.